The zero-order valence-corrected chi connectivity index (χ0v) is 8.08. The number of nitriles is 1. The van der Waals surface area contributed by atoms with E-state index >= 15 is 0 Å². The van der Waals surface area contributed by atoms with Gasteiger partial charge in [0.1, 0.15) is 17.3 Å². The number of carbonyl (C=O) groups excluding carboxylic acids is 1. The molecule has 0 aliphatic heterocycles. The molecule has 0 amide bonds. The SMILES string of the molecule is COC(=O)c1[nH]c(C(F)F)cc(=O)c1C#N. The zero-order valence-electron chi connectivity index (χ0n) is 8.08. The lowest BCUT2D eigenvalue weighted by atomic mass is 10.2. The Hall–Kier alpha value is -2.23. The van der Waals surface area contributed by atoms with Crippen molar-refractivity contribution >= 4 is 5.97 Å². The first-order valence-electron chi connectivity index (χ1n) is 4.05. The van der Waals surface area contributed by atoms with E-state index in [0.717, 1.165) is 7.11 Å². The third-order valence-corrected chi connectivity index (χ3v) is 1.79. The van der Waals surface area contributed by atoms with Gasteiger partial charge >= 0.3 is 5.97 Å². The number of carbonyl (C=O) groups is 1. The second-order valence-electron chi connectivity index (χ2n) is 2.74. The van der Waals surface area contributed by atoms with Crippen molar-refractivity contribution in [3.05, 3.63) is 33.2 Å². The average Bonchev–Trinajstić information content (AvgIpc) is 2.26. The van der Waals surface area contributed by atoms with Crippen LogP contribution in [0.3, 0.4) is 0 Å². The minimum atomic E-state index is -2.94. The summed E-state index contributed by atoms with van der Waals surface area (Å²) in [7, 11) is 1.01. The van der Waals surface area contributed by atoms with Crippen molar-refractivity contribution < 1.29 is 18.3 Å². The molecule has 1 heterocycles. The Morgan fingerprint density at radius 1 is 1.62 bits per heavy atom. The van der Waals surface area contributed by atoms with Crippen LogP contribution in [0.2, 0.25) is 0 Å². The molecular formula is C9H6F2N2O3. The lowest BCUT2D eigenvalue weighted by molar-refractivity contribution is 0.0591. The molecule has 1 aromatic heterocycles. The molecule has 0 radical (unpaired) electrons. The zero-order chi connectivity index (χ0) is 12.3. The predicted molar refractivity (Wildman–Crippen MR) is 48.1 cm³/mol. The Bertz CT molecular complexity index is 516. The molecule has 0 saturated heterocycles. The van der Waals surface area contributed by atoms with E-state index in [1.165, 1.54) is 6.07 Å². The number of esters is 1. The van der Waals surface area contributed by atoms with Gasteiger partial charge in [0.25, 0.3) is 6.43 Å². The van der Waals surface area contributed by atoms with E-state index < -0.39 is 34.8 Å². The van der Waals surface area contributed by atoms with Crippen molar-refractivity contribution in [1.29, 1.82) is 5.26 Å². The van der Waals surface area contributed by atoms with Crippen LogP contribution in [-0.4, -0.2) is 18.1 Å². The maximum absolute atomic E-state index is 12.3. The van der Waals surface area contributed by atoms with Crippen molar-refractivity contribution in [2.45, 2.75) is 6.43 Å². The van der Waals surface area contributed by atoms with E-state index in [4.69, 9.17) is 5.26 Å². The van der Waals surface area contributed by atoms with Crippen LogP contribution in [-0.2, 0) is 4.74 Å². The molecule has 0 aromatic carbocycles. The number of pyridine rings is 1. The van der Waals surface area contributed by atoms with Gasteiger partial charge in [0.2, 0.25) is 5.43 Å². The molecule has 84 valence electrons. The number of H-pyrrole nitrogens is 1. The number of methoxy groups -OCH3 is 1. The maximum atomic E-state index is 12.3. The highest BCUT2D eigenvalue weighted by Gasteiger charge is 2.19. The van der Waals surface area contributed by atoms with E-state index in [1.807, 2.05) is 4.98 Å². The Balaban J connectivity index is 3.51. The Labute approximate surface area is 88.3 Å². The molecule has 16 heavy (non-hydrogen) atoms. The quantitative estimate of drug-likeness (QED) is 0.764. The van der Waals surface area contributed by atoms with Crippen molar-refractivity contribution in [3.8, 4) is 6.07 Å². The van der Waals surface area contributed by atoms with Crippen molar-refractivity contribution in [2.24, 2.45) is 0 Å². The lowest BCUT2D eigenvalue weighted by Crippen LogP contribution is -2.18. The molecule has 0 bridgehead atoms. The molecule has 0 saturated carbocycles. The molecule has 0 aliphatic rings. The van der Waals surface area contributed by atoms with Crippen LogP contribution in [0.15, 0.2) is 10.9 Å². The Kier molecular flexibility index (Phi) is 3.35. The summed E-state index contributed by atoms with van der Waals surface area (Å²) < 4.78 is 28.9. The van der Waals surface area contributed by atoms with Gasteiger partial charge in [-0.25, -0.2) is 13.6 Å². The molecule has 0 spiro atoms. The minimum Gasteiger partial charge on any atom is -0.464 e. The fourth-order valence-electron chi connectivity index (χ4n) is 1.06. The molecule has 7 heteroatoms. The van der Waals surface area contributed by atoms with Crippen LogP contribution in [0, 0.1) is 11.3 Å². The van der Waals surface area contributed by atoms with Gasteiger partial charge in [-0.3, -0.25) is 4.79 Å². The number of nitrogens with one attached hydrogen (secondary N) is 1. The largest absolute Gasteiger partial charge is 0.464 e. The van der Waals surface area contributed by atoms with Crippen LogP contribution in [0.4, 0.5) is 8.78 Å². The fraction of sp³-hybridized carbons (Fsp3) is 0.222. The van der Waals surface area contributed by atoms with Crippen molar-refractivity contribution in [1.82, 2.24) is 4.98 Å². The first-order chi connectivity index (χ1) is 7.51. The summed E-state index contributed by atoms with van der Waals surface area (Å²) in [6.45, 7) is 0. The first-order valence-corrected chi connectivity index (χ1v) is 4.05. The molecule has 1 aromatic rings. The van der Waals surface area contributed by atoms with Gasteiger partial charge in [-0.15, -0.1) is 0 Å². The standard InChI is InChI=1S/C9H6F2N2O3/c1-16-9(15)7-4(3-12)6(14)2-5(13-7)8(10)11/h2,8H,1H3,(H,13,14). The van der Waals surface area contributed by atoms with Crippen LogP contribution in [0.5, 0.6) is 0 Å². The topological polar surface area (TPSA) is 83.0 Å². The normalized spacial score (nSPS) is 9.94. The number of rotatable bonds is 2. The number of alkyl halides is 2. The average molecular weight is 228 g/mol. The minimum absolute atomic E-state index is 0.545. The highest BCUT2D eigenvalue weighted by atomic mass is 19.3. The summed E-state index contributed by atoms with van der Waals surface area (Å²) in [6, 6.07) is 2.03. The number of ether oxygens (including phenoxy) is 1. The van der Waals surface area contributed by atoms with Crippen molar-refractivity contribution in [3.63, 3.8) is 0 Å². The summed E-state index contributed by atoms with van der Waals surface area (Å²) in [5.41, 5.74) is -2.79. The molecule has 1 rings (SSSR count). The van der Waals surface area contributed by atoms with Gasteiger partial charge in [-0.05, 0) is 0 Å². The molecule has 0 fully saturated rings. The smallest absolute Gasteiger partial charge is 0.356 e. The number of halogens is 2. The van der Waals surface area contributed by atoms with E-state index in [0.29, 0.717) is 6.07 Å². The van der Waals surface area contributed by atoms with Gasteiger partial charge in [-0.2, -0.15) is 5.26 Å². The number of nitrogens with zero attached hydrogens (tertiary/aromatic N) is 1. The summed E-state index contributed by atoms with van der Waals surface area (Å²) in [6.07, 6.45) is -2.94. The van der Waals surface area contributed by atoms with Crippen LogP contribution < -0.4 is 5.43 Å². The van der Waals surface area contributed by atoms with Crippen LogP contribution >= 0.6 is 0 Å². The lowest BCUT2D eigenvalue weighted by Gasteiger charge is -2.05. The fourth-order valence-corrected chi connectivity index (χ4v) is 1.06. The molecule has 0 unspecified atom stereocenters. The van der Waals surface area contributed by atoms with Crippen LogP contribution in [0.1, 0.15) is 28.2 Å². The van der Waals surface area contributed by atoms with Crippen molar-refractivity contribution in [2.75, 3.05) is 7.11 Å². The molecule has 0 aliphatic carbocycles. The molecule has 1 N–H and O–H groups in total. The number of aromatic nitrogens is 1. The van der Waals surface area contributed by atoms with Crippen LogP contribution in [0.25, 0.3) is 0 Å². The van der Waals surface area contributed by atoms with Gasteiger partial charge in [0.15, 0.2) is 0 Å². The van der Waals surface area contributed by atoms with E-state index in [9.17, 15) is 18.4 Å². The maximum Gasteiger partial charge on any atom is 0.356 e. The monoisotopic (exact) mass is 228 g/mol. The second kappa shape index (κ2) is 4.53. The van der Waals surface area contributed by atoms with E-state index in [-0.39, 0.29) is 0 Å². The highest BCUT2D eigenvalue weighted by Crippen LogP contribution is 2.16. The number of aromatic amines is 1. The first kappa shape index (κ1) is 11.8. The predicted octanol–water partition coefficient (Wildman–Crippen LogP) is 0.971. The van der Waals surface area contributed by atoms with E-state index in [1.54, 1.807) is 0 Å². The van der Waals surface area contributed by atoms with Gasteiger partial charge in [0, 0.05) is 6.07 Å². The van der Waals surface area contributed by atoms with Gasteiger partial charge in [-0.1, -0.05) is 0 Å². The van der Waals surface area contributed by atoms with Gasteiger partial charge in [0.05, 0.1) is 12.8 Å². The van der Waals surface area contributed by atoms with Gasteiger partial charge < -0.3 is 9.72 Å². The summed E-state index contributed by atoms with van der Waals surface area (Å²) in [5, 5.41) is 8.61. The number of hydrogen-bond acceptors (Lipinski definition) is 4. The second-order valence-corrected chi connectivity index (χ2v) is 2.74. The molecule has 0 atom stereocenters. The van der Waals surface area contributed by atoms with E-state index in [2.05, 4.69) is 4.74 Å². The Morgan fingerprint density at radius 2 is 2.25 bits per heavy atom. The summed E-state index contributed by atoms with van der Waals surface area (Å²) >= 11 is 0. The summed E-state index contributed by atoms with van der Waals surface area (Å²) in [4.78, 5) is 24.4. The molecule has 5 nitrogen and oxygen atoms in total. The number of hydrogen-bond donors (Lipinski definition) is 1. The summed E-state index contributed by atoms with van der Waals surface area (Å²) in [5.74, 6) is -1.05. The third-order valence-electron chi connectivity index (χ3n) is 1.79. The Morgan fingerprint density at radius 3 is 2.69 bits per heavy atom. The molecular weight excluding hydrogens is 222 g/mol. The highest BCUT2D eigenvalue weighted by molar-refractivity contribution is 5.89. The third kappa shape index (κ3) is 2.06.